The predicted octanol–water partition coefficient (Wildman–Crippen LogP) is 15.1. The SMILES string of the molecule is C=CCc1c2ccccc2cc[n+]1Cc1ccccc1.FC(F)(F)c1cc([B-](c2cc(C(F)(F)F)cc(C(F)(F)F)c2)(c2cc(C(F)(F)F)cc(C(F)(F)F)c2)c2cc(C(F)(F)F)cc(C(F)(F)F)c2)cc(C(F)(F)F)c1. The van der Waals surface area contributed by atoms with Crippen molar-refractivity contribution in [2.24, 2.45) is 0 Å². The molecule has 6 aromatic carbocycles. The highest BCUT2D eigenvalue weighted by atomic mass is 19.4. The molecule has 77 heavy (non-hydrogen) atoms. The van der Waals surface area contributed by atoms with Gasteiger partial charge in [0, 0.05) is 17.0 Å². The van der Waals surface area contributed by atoms with Gasteiger partial charge in [0.05, 0.1) is 50.9 Å². The molecule has 0 atom stereocenters. The molecule has 0 fully saturated rings. The van der Waals surface area contributed by atoms with Crippen LogP contribution in [0, 0.1) is 0 Å². The second-order valence-corrected chi connectivity index (χ2v) is 17.2. The lowest BCUT2D eigenvalue weighted by Gasteiger charge is -2.46. The quantitative estimate of drug-likeness (QED) is 0.0618. The number of halogens is 24. The molecule has 0 unspecified atom stereocenters. The molecule has 0 aliphatic rings. The van der Waals surface area contributed by atoms with E-state index in [1.165, 1.54) is 22.0 Å². The molecule has 0 amide bonds. The van der Waals surface area contributed by atoms with Gasteiger partial charge in [0.2, 0.25) is 0 Å². The highest BCUT2D eigenvalue weighted by Gasteiger charge is 2.47. The highest BCUT2D eigenvalue weighted by molar-refractivity contribution is 7.20. The zero-order chi connectivity index (χ0) is 57.7. The van der Waals surface area contributed by atoms with E-state index in [4.69, 9.17) is 0 Å². The van der Waals surface area contributed by atoms with Gasteiger partial charge in [0.1, 0.15) is 6.15 Å². The second-order valence-electron chi connectivity index (χ2n) is 17.2. The molecule has 410 valence electrons. The Labute approximate surface area is 418 Å². The van der Waals surface area contributed by atoms with E-state index in [1.807, 2.05) is 6.08 Å². The first-order valence-corrected chi connectivity index (χ1v) is 21.6. The van der Waals surface area contributed by atoms with Gasteiger partial charge < -0.3 is 0 Å². The number of rotatable bonds is 8. The summed E-state index contributed by atoms with van der Waals surface area (Å²) in [5, 5.41) is 2.60. The first-order valence-electron chi connectivity index (χ1n) is 21.6. The van der Waals surface area contributed by atoms with Crippen LogP contribution in [-0.4, -0.2) is 6.15 Å². The van der Waals surface area contributed by atoms with Crippen LogP contribution in [0.1, 0.15) is 55.8 Å². The topological polar surface area (TPSA) is 3.88 Å². The van der Waals surface area contributed by atoms with E-state index < -0.39 is 195 Å². The fourth-order valence-electron chi connectivity index (χ4n) is 8.68. The molecule has 0 aliphatic heterocycles. The summed E-state index contributed by atoms with van der Waals surface area (Å²) in [6.07, 6.45) is -49.8. The van der Waals surface area contributed by atoms with Crippen LogP contribution in [0.4, 0.5) is 105 Å². The molecular formula is C51H30BF24N. The number of benzene rings is 6. The molecule has 7 rings (SSSR count). The van der Waals surface area contributed by atoms with Crippen molar-refractivity contribution in [2.45, 2.75) is 62.4 Å². The highest BCUT2D eigenvalue weighted by Crippen LogP contribution is 2.41. The molecular weight excluding hydrogens is 1090 g/mol. The normalized spacial score (nSPS) is 13.4. The Morgan fingerprint density at radius 3 is 0.896 bits per heavy atom. The van der Waals surface area contributed by atoms with Gasteiger partial charge in [0.25, 0.3) is 0 Å². The maximum absolute atomic E-state index is 14.2. The van der Waals surface area contributed by atoms with Crippen molar-refractivity contribution in [3.05, 3.63) is 208 Å². The molecule has 0 radical (unpaired) electrons. The first-order chi connectivity index (χ1) is 35.1. The van der Waals surface area contributed by atoms with Gasteiger partial charge in [-0.15, -0.1) is 6.58 Å². The van der Waals surface area contributed by atoms with Crippen LogP contribution in [0.25, 0.3) is 10.8 Å². The summed E-state index contributed by atoms with van der Waals surface area (Å²) >= 11 is 0. The summed E-state index contributed by atoms with van der Waals surface area (Å²) in [4.78, 5) is 0. The number of hydrogen-bond donors (Lipinski definition) is 0. The number of allylic oxidation sites excluding steroid dienone is 1. The number of nitrogens with zero attached hydrogens (tertiary/aromatic N) is 1. The third kappa shape index (κ3) is 13.3. The summed E-state index contributed by atoms with van der Waals surface area (Å²) in [7, 11) is 0. The molecule has 0 aliphatic carbocycles. The van der Waals surface area contributed by atoms with Gasteiger partial charge in [-0.1, -0.05) is 103 Å². The Bertz CT molecular complexity index is 2830. The summed E-state index contributed by atoms with van der Waals surface area (Å²) in [5.74, 6) is 0. The average molecular weight is 1120 g/mol. The molecule has 0 N–H and O–H groups in total. The molecule has 1 aromatic heterocycles. The molecule has 1 heterocycles. The van der Waals surface area contributed by atoms with Crippen LogP contribution < -0.4 is 26.4 Å². The maximum Gasteiger partial charge on any atom is 0.416 e. The van der Waals surface area contributed by atoms with Gasteiger partial charge >= 0.3 is 49.4 Å². The second kappa shape index (κ2) is 20.7. The van der Waals surface area contributed by atoms with Crippen molar-refractivity contribution in [2.75, 3.05) is 0 Å². The van der Waals surface area contributed by atoms with Gasteiger partial charge in [0.15, 0.2) is 18.4 Å². The lowest BCUT2D eigenvalue weighted by atomic mass is 9.12. The van der Waals surface area contributed by atoms with Crippen molar-refractivity contribution in [1.29, 1.82) is 0 Å². The third-order valence-electron chi connectivity index (χ3n) is 12.0. The lowest BCUT2D eigenvalue weighted by Crippen LogP contribution is -2.75. The van der Waals surface area contributed by atoms with E-state index in [2.05, 4.69) is 78.0 Å². The van der Waals surface area contributed by atoms with E-state index in [1.54, 1.807) is 0 Å². The van der Waals surface area contributed by atoms with Crippen LogP contribution in [0.15, 0.2) is 152 Å². The minimum Gasteiger partial charge on any atom is -0.197 e. The van der Waals surface area contributed by atoms with E-state index in [0.29, 0.717) is 0 Å². The summed E-state index contributed by atoms with van der Waals surface area (Å²) in [6, 6.07) is 12.5. The van der Waals surface area contributed by atoms with E-state index >= 15 is 0 Å². The maximum atomic E-state index is 14.2. The zero-order valence-electron chi connectivity index (χ0n) is 38.1. The first kappa shape index (κ1) is 59.1. The monoisotopic (exact) mass is 1120 g/mol. The zero-order valence-corrected chi connectivity index (χ0v) is 38.1. The van der Waals surface area contributed by atoms with Crippen LogP contribution >= 0.6 is 0 Å². The Morgan fingerprint density at radius 2 is 0.623 bits per heavy atom. The van der Waals surface area contributed by atoms with Gasteiger partial charge in [-0.05, 0) is 35.7 Å². The predicted molar refractivity (Wildman–Crippen MR) is 234 cm³/mol. The van der Waals surface area contributed by atoms with E-state index in [-0.39, 0.29) is 0 Å². The van der Waals surface area contributed by atoms with E-state index in [0.717, 1.165) is 13.0 Å². The summed E-state index contributed by atoms with van der Waals surface area (Å²) in [5.41, 5.74) is -27.6. The molecule has 0 bridgehead atoms. The smallest absolute Gasteiger partial charge is 0.197 e. The Hall–Kier alpha value is -7.15. The van der Waals surface area contributed by atoms with Crippen molar-refractivity contribution in [3.63, 3.8) is 0 Å². The number of hydrogen-bond acceptors (Lipinski definition) is 0. The largest absolute Gasteiger partial charge is 0.416 e. The minimum absolute atomic E-state index is 0.691. The van der Waals surface area contributed by atoms with Crippen molar-refractivity contribution < 1.29 is 110 Å². The third-order valence-corrected chi connectivity index (χ3v) is 12.0. The number of aromatic nitrogens is 1. The number of fused-ring (bicyclic) bond motifs is 1. The number of pyridine rings is 1. The summed E-state index contributed by atoms with van der Waals surface area (Å²) < 4.78 is 343. The molecule has 7 aromatic rings. The fourth-order valence-corrected chi connectivity index (χ4v) is 8.68. The lowest BCUT2D eigenvalue weighted by molar-refractivity contribution is -0.693. The molecule has 0 saturated heterocycles. The van der Waals surface area contributed by atoms with Crippen molar-refractivity contribution in [3.8, 4) is 0 Å². The van der Waals surface area contributed by atoms with Gasteiger partial charge in [-0.3, -0.25) is 0 Å². The molecule has 0 saturated carbocycles. The van der Waals surface area contributed by atoms with Crippen molar-refractivity contribution in [1.82, 2.24) is 0 Å². The molecule has 1 nitrogen and oxygen atoms in total. The van der Waals surface area contributed by atoms with Crippen LogP contribution in [0.3, 0.4) is 0 Å². The molecule has 26 heteroatoms. The van der Waals surface area contributed by atoms with Crippen LogP contribution in [-0.2, 0) is 62.4 Å². The average Bonchev–Trinajstić information content (AvgIpc) is 3.30. The Balaban J connectivity index is 0.000000397. The number of alkyl halides is 24. The summed E-state index contributed by atoms with van der Waals surface area (Å²) in [6.45, 7) is 4.80. The van der Waals surface area contributed by atoms with E-state index in [9.17, 15) is 105 Å². The Morgan fingerprint density at radius 1 is 0.351 bits per heavy atom. The minimum atomic E-state index is -6.13. The molecule has 0 spiro atoms. The van der Waals surface area contributed by atoms with Gasteiger partial charge in [-0.25, -0.2) is 0 Å². The van der Waals surface area contributed by atoms with Crippen LogP contribution in [0.2, 0.25) is 0 Å². The van der Waals surface area contributed by atoms with Crippen LogP contribution in [0.5, 0.6) is 0 Å². The van der Waals surface area contributed by atoms with Gasteiger partial charge in [-0.2, -0.15) is 132 Å². The van der Waals surface area contributed by atoms with Crippen molar-refractivity contribution >= 4 is 38.8 Å². The Kier molecular flexibility index (Phi) is 15.9. The standard InChI is InChI=1S/C32H12BF24.C19H18N/c34-25(35,36)13-1-14(26(37,38)39)6-21(5-13)33(22-7-15(27(40,41)42)2-16(8-22)28(43,44)45,23-9-17(29(46,47)48)3-18(10-23)30(49,50)51)24-11-19(31(52,53)54)4-20(12-24)32(55,56)57;1-2-8-19-18-12-7-6-11-17(18)13-14-20(19)15-16-9-4-3-5-10-16/h1-12H;2-7,9-14H,1,8,15H2/q-1;+1. The fraction of sp³-hybridized carbons (Fsp3) is 0.196.